The van der Waals surface area contributed by atoms with E-state index in [2.05, 4.69) is 29.2 Å². The summed E-state index contributed by atoms with van der Waals surface area (Å²) in [5, 5.41) is 0. The van der Waals surface area contributed by atoms with E-state index in [0.717, 1.165) is 28.2 Å². The number of aromatic nitrogens is 2. The van der Waals surface area contributed by atoms with E-state index in [-0.39, 0.29) is 32.5 Å². The zero-order valence-electron chi connectivity index (χ0n) is 25.9. The van der Waals surface area contributed by atoms with Crippen molar-refractivity contribution in [2.45, 2.75) is 36.1 Å². The number of aromatic amines is 1. The van der Waals surface area contributed by atoms with E-state index in [9.17, 15) is 9.59 Å². The van der Waals surface area contributed by atoms with Gasteiger partial charge >= 0.3 is 275 Å². The van der Waals surface area contributed by atoms with E-state index >= 15 is 0 Å². The summed E-state index contributed by atoms with van der Waals surface area (Å²) in [6.45, 7) is 1.94. The van der Waals surface area contributed by atoms with Crippen molar-refractivity contribution in [1.29, 1.82) is 0 Å². The Bertz CT molecular complexity index is 1810. The molecule has 1 aromatic heterocycles. The number of hydrogen-bond acceptors (Lipinski definition) is 6. The van der Waals surface area contributed by atoms with Crippen molar-refractivity contribution < 1.29 is 18.9 Å². The SMILES string of the molecule is COc1ccc(C(OC[C@H]2O[C@@H](n3cc(C)c(=O)[nH]c3=O)C[C@H]2[Se]c2ccccc2)(c2ccccc2)c2ccc(OC)cc2)cc1. The summed E-state index contributed by atoms with van der Waals surface area (Å²) in [5.41, 5.74) is 1.39. The Morgan fingerprint density at radius 2 is 1.35 bits per heavy atom. The minimum atomic E-state index is -1.00. The van der Waals surface area contributed by atoms with Gasteiger partial charge in [0, 0.05) is 0 Å². The molecule has 236 valence electrons. The van der Waals surface area contributed by atoms with Gasteiger partial charge in [0.2, 0.25) is 0 Å². The molecule has 1 fully saturated rings. The fourth-order valence-corrected chi connectivity index (χ4v) is 8.46. The van der Waals surface area contributed by atoms with Crippen LogP contribution in [-0.2, 0) is 15.1 Å². The number of aryl methyl sites for hydroxylation is 1. The van der Waals surface area contributed by atoms with E-state index < -0.39 is 23.1 Å². The van der Waals surface area contributed by atoms with Gasteiger partial charge in [-0.15, -0.1) is 0 Å². The topological polar surface area (TPSA) is 91.8 Å². The summed E-state index contributed by atoms with van der Waals surface area (Å²) in [6.07, 6.45) is 1.33. The van der Waals surface area contributed by atoms with Gasteiger partial charge in [-0.1, -0.05) is 0 Å². The Morgan fingerprint density at radius 1 is 0.804 bits per heavy atom. The van der Waals surface area contributed by atoms with Crippen molar-refractivity contribution in [2.75, 3.05) is 20.8 Å². The van der Waals surface area contributed by atoms with Crippen LogP contribution in [0.15, 0.2) is 125 Å². The van der Waals surface area contributed by atoms with Gasteiger partial charge in [-0.05, 0) is 0 Å². The molecular weight excluding hydrogens is 647 g/mol. The van der Waals surface area contributed by atoms with E-state index in [4.69, 9.17) is 18.9 Å². The molecule has 0 amide bonds. The molecular formula is C37H36N2O6Se. The number of ether oxygens (including phenoxy) is 4. The molecule has 8 nitrogen and oxygen atoms in total. The van der Waals surface area contributed by atoms with Gasteiger partial charge in [-0.25, -0.2) is 0 Å². The molecule has 4 aromatic carbocycles. The second-order valence-corrected chi connectivity index (χ2v) is 13.9. The molecule has 1 saturated heterocycles. The molecule has 0 unspecified atom stereocenters. The van der Waals surface area contributed by atoms with E-state index in [1.54, 1.807) is 27.3 Å². The van der Waals surface area contributed by atoms with Crippen LogP contribution < -0.4 is 25.2 Å². The summed E-state index contributed by atoms with van der Waals surface area (Å²) >= 11 is 0.0283. The van der Waals surface area contributed by atoms with E-state index in [1.165, 1.54) is 9.03 Å². The predicted molar refractivity (Wildman–Crippen MR) is 178 cm³/mol. The van der Waals surface area contributed by atoms with Gasteiger partial charge in [0.05, 0.1) is 0 Å². The van der Waals surface area contributed by atoms with Gasteiger partial charge in [0.1, 0.15) is 0 Å². The molecule has 0 spiro atoms. The van der Waals surface area contributed by atoms with E-state index in [0.29, 0.717) is 12.0 Å². The van der Waals surface area contributed by atoms with Crippen LogP contribution in [0, 0.1) is 6.92 Å². The zero-order chi connectivity index (χ0) is 32.1. The fourth-order valence-electron chi connectivity index (χ4n) is 5.90. The summed E-state index contributed by atoms with van der Waals surface area (Å²) < 4.78 is 27.6. The first-order valence-electron chi connectivity index (χ1n) is 15.1. The molecule has 1 aliphatic heterocycles. The Kier molecular flexibility index (Phi) is 9.56. The van der Waals surface area contributed by atoms with Crippen molar-refractivity contribution >= 4 is 19.4 Å². The Hall–Kier alpha value is -4.40. The van der Waals surface area contributed by atoms with Gasteiger partial charge in [-0.2, -0.15) is 0 Å². The number of nitrogens with zero attached hydrogens (tertiary/aromatic N) is 1. The van der Waals surface area contributed by atoms with E-state index in [1.807, 2.05) is 84.9 Å². The number of H-pyrrole nitrogens is 1. The third-order valence-corrected chi connectivity index (χ3v) is 11.1. The first-order valence-corrected chi connectivity index (χ1v) is 16.9. The molecule has 0 radical (unpaired) electrons. The van der Waals surface area contributed by atoms with Crippen LogP contribution in [0.4, 0.5) is 0 Å². The molecule has 0 bridgehead atoms. The molecule has 0 saturated carbocycles. The molecule has 6 rings (SSSR count). The number of methoxy groups -OCH3 is 2. The van der Waals surface area contributed by atoms with Crippen molar-refractivity contribution in [2.24, 2.45) is 0 Å². The van der Waals surface area contributed by atoms with Gasteiger partial charge in [-0.3, -0.25) is 0 Å². The van der Waals surface area contributed by atoms with Gasteiger partial charge in [0.25, 0.3) is 0 Å². The van der Waals surface area contributed by atoms with Crippen LogP contribution in [0.25, 0.3) is 0 Å². The average molecular weight is 684 g/mol. The molecule has 0 aliphatic carbocycles. The van der Waals surface area contributed by atoms with Crippen LogP contribution in [0.3, 0.4) is 0 Å². The van der Waals surface area contributed by atoms with Crippen LogP contribution in [0.1, 0.15) is 34.9 Å². The van der Waals surface area contributed by atoms with Crippen LogP contribution >= 0.6 is 0 Å². The summed E-state index contributed by atoms with van der Waals surface area (Å²) in [6, 6.07) is 36.4. The number of benzene rings is 4. The average Bonchev–Trinajstić information content (AvgIpc) is 3.50. The normalized spacial score (nSPS) is 17.9. The Morgan fingerprint density at radius 3 is 1.91 bits per heavy atom. The summed E-state index contributed by atoms with van der Waals surface area (Å²) in [7, 11) is 3.30. The second kappa shape index (κ2) is 13.9. The molecule has 1 aliphatic rings. The number of rotatable bonds is 11. The van der Waals surface area contributed by atoms with Crippen molar-refractivity contribution in [3.8, 4) is 11.5 Å². The minimum absolute atomic E-state index is 0.0283. The van der Waals surface area contributed by atoms with Gasteiger partial charge < -0.3 is 0 Å². The van der Waals surface area contributed by atoms with Crippen LogP contribution in [0.2, 0.25) is 4.82 Å². The third-order valence-electron chi connectivity index (χ3n) is 8.30. The number of hydrogen-bond donors (Lipinski definition) is 1. The van der Waals surface area contributed by atoms with Crippen LogP contribution in [-0.4, -0.2) is 51.4 Å². The molecule has 3 atom stereocenters. The quantitative estimate of drug-likeness (QED) is 0.156. The third kappa shape index (κ3) is 6.46. The first kappa shape index (κ1) is 31.6. The van der Waals surface area contributed by atoms with Crippen molar-refractivity contribution in [3.63, 3.8) is 0 Å². The monoisotopic (exact) mass is 684 g/mol. The Labute approximate surface area is 274 Å². The predicted octanol–water partition coefficient (Wildman–Crippen LogP) is 4.98. The molecule has 2 heterocycles. The molecule has 5 aromatic rings. The fraction of sp³-hybridized carbons (Fsp3) is 0.243. The summed E-state index contributed by atoms with van der Waals surface area (Å²) in [5.74, 6) is 1.49. The maximum absolute atomic E-state index is 12.9. The van der Waals surface area contributed by atoms with Crippen molar-refractivity contribution in [1.82, 2.24) is 9.55 Å². The standard InChI is InChI=1S/C37H36N2O6Se/c1-25-23-39(36(41)38-35(25)40)34-22-33(46-31-12-8-5-9-13-31)32(45-34)24-44-37(26-10-6-4-7-11-26,27-14-18-29(42-2)19-15-27)28-16-20-30(43-3)21-17-28/h4-21,23,32-34H,22,24H2,1-3H3,(H,38,40,41)/t32-,33-,34-/m1/s1. The number of nitrogens with one attached hydrogen (secondary N) is 1. The van der Waals surface area contributed by atoms with Crippen LogP contribution in [0.5, 0.6) is 11.5 Å². The van der Waals surface area contributed by atoms with Gasteiger partial charge in [0.15, 0.2) is 0 Å². The molecule has 46 heavy (non-hydrogen) atoms. The maximum atomic E-state index is 12.9. The molecule has 9 heteroatoms. The Balaban J connectivity index is 1.42. The first-order chi connectivity index (χ1) is 22.4. The zero-order valence-corrected chi connectivity index (χ0v) is 27.6. The van der Waals surface area contributed by atoms with Crippen molar-refractivity contribution in [3.05, 3.63) is 158 Å². The molecule has 1 N–H and O–H groups in total. The second-order valence-electron chi connectivity index (χ2n) is 11.1. The summed E-state index contributed by atoms with van der Waals surface area (Å²) in [4.78, 5) is 27.6.